The molecule has 2 aliphatic rings. The van der Waals surface area contributed by atoms with Gasteiger partial charge >= 0.3 is 0 Å². The maximum atomic E-state index is 12.9. The van der Waals surface area contributed by atoms with E-state index in [1.807, 2.05) is 30.3 Å². The molecule has 0 N–H and O–H groups in total. The highest BCUT2D eigenvalue weighted by Gasteiger charge is 2.31. The first-order chi connectivity index (χ1) is 14.0. The average Bonchev–Trinajstić information content (AvgIpc) is 2.78. The number of nitrogens with zero attached hydrogens (tertiary/aromatic N) is 2. The van der Waals surface area contributed by atoms with Gasteiger partial charge in [0, 0.05) is 31.7 Å². The molecule has 1 saturated heterocycles. The maximum absolute atomic E-state index is 12.9. The number of benzene rings is 2. The fourth-order valence-electron chi connectivity index (χ4n) is 3.47. The smallest absolute Gasteiger partial charge is 0.253 e. The lowest BCUT2D eigenvalue weighted by Crippen LogP contribution is -2.51. The van der Waals surface area contributed by atoms with Gasteiger partial charge < -0.3 is 14.4 Å². The lowest BCUT2D eigenvalue weighted by Gasteiger charge is -2.34. The van der Waals surface area contributed by atoms with Gasteiger partial charge in [0.1, 0.15) is 18.1 Å². The number of methoxy groups -OCH3 is 1. The number of fused-ring (bicyclic) bond motifs is 1. The Bertz CT molecular complexity index is 1040. The second kappa shape index (κ2) is 7.88. The second-order valence-corrected chi connectivity index (χ2v) is 8.81. The summed E-state index contributed by atoms with van der Waals surface area (Å²) in [4.78, 5) is 14.8. The van der Waals surface area contributed by atoms with E-state index < -0.39 is 10.0 Å². The number of amides is 1. The van der Waals surface area contributed by atoms with E-state index in [-0.39, 0.29) is 30.5 Å². The highest BCUT2D eigenvalue weighted by Crippen LogP contribution is 2.27. The van der Waals surface area contributed by atoms with Crippen molar-refractivity contribution in [2.45, 2.75) is 4.90 Å². The Kier molecular flexibility index (Phi) is 5.29. The minimum Gasteiger partial charge on any atom is -0.497 e. The largest absolute Gasteiger partial charge is 0.497 e. The Labute approximate surface area is 170 Å². The van der Waals surface area contributed by atoms with Gasteiger partial charge in [0.05, 0.1) is 17.6 Å². The van der Waals surface area contributed by atoms with Crippen LogP contribution in [0.5, 0.6) is 11.5 Å². The van der Waals surface area contributed by atoms with Gasteiger partial charge in [-0.3, -0.25) is 4.79 Å². The zero-order chi connectivity index (χ0) is 20.4. The van der Waals surface area contributed by atoms with Crippen LogP contribution in [0, 0.1) is 0 Å². The molecule has 8 heteroatoms. The molecule has 2 aromatic carbocycles. The van der Waals surface area contributed by atoms with Crippen LogP contribution in [0.2, 0.25) is 0 Å². The molecule has 0 aliphatic carbocycles. The van der Waals surface area contributed by atoms with E-state index in [9.17, 15) is 13.2 Å². The molecule has 0 spiro atoms. The lowest BCUT2D eigenvalue weighted by atomic mass is 10.1. The Morgan fingerprint density at radius 3 is 2.38 bits per heavy atom. The molecule has 2 aliphatic heterocycles. The van der Waals surface area contributed by atoms with Crippen molar-refractivity contribution >= 4 is 22.0 Å². The van der Waals surface area contributed by atoms with Crippen LogP contribution in [-0.2, 0) is 14.8 Å². The predicted molar refractivity (Wildman–Crippen MR) is 108 cm³/mol. The van der Waals surface area contributed by atoms with E-state index in [1.165, 1.54) is 23.5 Å². The number of carbonyl (C=O) groups is 1. The van der Waals surface area contributed by atoms with Gasteiger partial charge in [0.25, 0.3) is 5.91 Å². The van der Waals surface area contributed by atoms with Crippen molar-refractivity contribution in [3.8, 4) is 11.5 Å². The fourth-order valence-corrected chi connectivity index (χ4v) is 4.89. The highest BCUT2D eigenvalue weighted by molar-refractivity contribution is 7.89. The Morgan fingerprint density at radius 1 is 1.00 bits per heavy atom. The monoisotopic (exact) mass is 414 g/mol. The van der Waals surface area contributed by atoms with Crippen LogP contribution in [0.4, 0.5) is 0 Å². The van der Waals surface area contributed by atoms with Crippen LogP contribution >= 0.6 is 0 Å². The highest BCUT2D eigenvalue weighted by atomic mass is 32.2. The van der Waals surface area contributed by atoms with Crippen molar-refractivity contribution in [1.82, 2.24) is 9.21 Å². The second-order valence-electron chi connectivity index (χ2n) is 6.87. The Hall–Kier alpha value is -2.84. The molecule has 152 valence electrons. The number of piperazine rings is 1. The predicted octanol–water partition coefficient (Wildman–Crippen LogP) is 2.00. The normalized spacial score (nSPS) is 17.1. The molecule has 2 aromatic rings. The maximum Gasteiger partial charge on any atom is 0.253 e. The molecule has 0 bridgehead atoms. The minimum absolute atomic E-state index is 0.110. The van der Waals surface area contributed by atoms with E-state index in [0.717, 1.165) is 11.3 Å². The van der Waals surface area contributed by atoms with E-state index >= 15 is 0 Å². The van der Waals surface area contributed by atoms with Crippen LogP contribution < -0.4 is 9.47 Å². The van der Waals surface area contributed by atoms with Gasteiger partial charge in [-0.05, 0) is 36.4 Å². The lowest BCUT2D eigenvalue weighted by molar-refractivity contribution is -0.128. The molecule has 0 atom stereocenters. The first kappa shape index (κ1) is 19.5. The van der Waals surface area contributed by atoms with Gasteiger partial charge in [0.15, 0.2) is 0 Å². The van der Waals surface area contributed by atoms with E-state index in [2.05, 4.69) is 0 Å². The van der Waals surface area contributed by atoms with Gasteiger partial charge in [-0.25, -0.2) is 8.42 Å². The number of sulfonamides is 1. The van der Waals surface area contributed by atoms with Crippen molar-refractivity contribution in [3.63, 3.8) is 0 Å². The standard InChI is InChI=1S/C21H22N2O5S/c1-27-18-6-8-19(9-7-18)29(25,26)23-12-10-22(11-13-23)21(24)17-14-16-4-2-3-5-20(16)28-15-17/h2-9,14H,10-13,15H2,1H3. The number of hydrogen-bond acceptors (Lipinski definition) is 5. The van der Waals surface area contributed by atoms with Crippen molar-refractivity contribution in [1.29, 1.82) is 0 Å². The molecule has 0 unspecified atom stereocenters. The van der Waals surface area contributed by atoms with Crippen LogP contribution in [-0.4, -0.2) is 63.4 Å². The van der Waals surface area contributed by atoms with E-state index in [1.54, 1.807) is 17.0 Å². The zero-order valence-electron chi connectivity index (χ0n) is 16.1. The summed E-state index contributed by atoms with van der Waals surface area (Å²) in [5.74, 6) is 1.25. The summed E-state index contributed by atoms with van der Waals surface area (Å²) in [6.07, 6.45) is 1.85. The third-order valence-corrected chi connectivity index (χ3v) is 7.04. The molecule has 7 nitrogen and oxygen atoms in total. The molecule has 2 heterocycles. The Morgan fingerprint density at radius 2 is 1.69 bits per heavy atom. The number of rotatable bonds is 4. The van der Waals surface area contributed by atoms with Crippen molar-refractivity contribution in [2.75, 3.05) is 39.9 Å². The number of ether oxygens (including phenoxy) is 2. The van der Waals surface area contributed by atoms with E-state index in [0.29, 0.717) is 24.4 Å². The number of carbonyl (C=O) groups excluding carboxylic acids is 1. The minimum atomic E-state index is -3.60. The summed E-state index contributed by atoms with van der Waals surface area (Å²) in [6, 6.07) is 13.9. The van der Waals surface area contributed by atoms with Gasteiger partial charge in [-0.15, -0.1) is 0 Å². The van der Waals surface area contributed by atoms with Gasteiger partial charge in [-0.1, -0.05) is 18.2 Å². The molecular weight excluding hydrogens is 392 g/mol. The number of hydrogen-bond donors (Lipinski definition) is 0. The first-order valence-electron chi connectivity index (χ1n) is 9.35. The summed E-state index contributed by atoms with van der Waals surface area (Å²) >= 11 is 0. The fraction of sp³-hybridized carbons (Fsp3) is 0.286. The molecule has 0 radical (unpaired) electrons. The summed E-state index contributed by atoms with van der Waals surface area (Å²) in [6.45, 7) is 1.41. The quantitative estimate of drug-likeness (QED) is 0.765. The topological polar surface area (TPSA) is 76.2 Å². The molecule has 1 amide bonds. The van der Waals surface area contributed by atoms with Crippen LogP contribution in [0.3, 0.4) is 0 Å². The molecule has 0 aromatic heterocycles. The summed E-state index contributed by atoms with van der Waals surface area (Å²) in [5, 5.41) is 0. The van der Waals surface area contributed by atoms with Gasteiger partial charge in [-0.2, -0.15) is 4.31 Å². The Balaban J connectivity index is 1.42. The SMILES string of the molecule is COc1ccc(S(=O)(=O)N2CCN(C(=O)C3=Cc4ccccc4OC3)CC2)cc1. The number of para-hydroxylation sites is 1. The zero-order valence-corrected chi connectivity index (χ0v) is 16.9. The van der Waals surface area contributed by atoms with Crippen LogP contribution in [0.15, 0.2) is 59.0 Å². The molecule has 1 fully saturated rings. The van der Waals surface area contributed by atoms with Crippen molar-refractivity contribution in [2.24, 2.45) is 0 Å². The van der Waals surface area contributed by atoms with Crippen LogP contribution in [0.25, 0.3) is 6.08 Å². The molecule has 29 heavy (non-hydrogen) atoms. The third kappa shape index (κ3) is 3.86. The van der Waals surface area contributed by atoms with Crippen molar-refractivity contribution < 1.29 is 22.7 Å². The van der Waals surface area contributed by atoms with Gasteiger partial charge in [0.2, 0.25) is 10.0 Å². The summed E-state index contributed by atoms with van der Waals surface area (Å²) in [7, 11) is -2.07. The van der Waals surface area contributed by atoms with Crippen LogP contribution in [0.1, 0.15) is 5.56 Å². The summed E-state index contributed by atoms with van der Waals surface area (Å²) < 4.78 is 37.9. The van der Waals surface area contributed by atoms with E-state index in [4.69, 9.17) is 9.47 Å². The summed E-state index contributed by atoms with van der Waals surface area (Å²) in [5.41, 5.74) is 1.46. The molecule has 0 saturated carbocycles. The third-order valence-electron chi connectivity index (χ3n) is 5.13. The molecule has 4 rings (SSSR count). The first-order valence-corrected chi connectivity index (χ1v) is 10.8. The molecular formula is C21H22N2O5S. The average molecular weight is 414 g/mol. The van der Waals surface area contributed by atoms with Crippen molar-refractivity contribution in [3.05, 3.63) is 59.7 Å².